The molecule has 0 heterocycles. The molecule has 3 heteroatoms. The van der Waals surface area contributed by atoms with Crippen LogP contribution in [0.3, 0.4) is 0 Å². The number of benzene rings is 1. The van der Waals surface area contributed by atoms with E-state index in [1.54, 1.807) is 0 Å². The number of hydrogen-bond donors (Lipinski definition) is 1. The van der Waals surface area contributed by atoms with E-state index in [2.05, 4.69) is 27.8 Å². The molecule has 1 nitrogen and oxygen atoms in total. The van der Waals surface area contributed by atoms with Crippen LogP contribution < -0.4 is 5.32 Å². The summed E-state index contributed by atoms with van der Waals surface area (Å²) in [5, 5.41) is 3.94. The number of halogens is 2. The van der Waals surface area contributed by atoms with E-state index in [1.165, 1.54) is 0 Å². The van der Waals surface area contributed by atoms with Crippen LogP contribution in [-0.2, 0) is 0 Å². The highest BCUT2D eigenvalue weighted by molar-refractivity contribution is 9.10. The van der Waals surface area contributed by atoms with Crippen molar-refractivity contribution in [3.63, 3.8) is 0 Å². The molecular weight excluding hydrogens is 249 g/mol. The zero-order valence-electron chi connectivity index (χ0n) is 7.35. The Balaban J connectivity index is 2.86. The van der Waals surface area contributed by atoms with Gasteiger partial charge in [-0.15, -0.1) is 6.58 Å². The van der Waals surface area contributed by atoms with E-state index in [4.69, 9.17) is 11.6 Å². The normalized spacial score (nSPS) is 12.2. The highest BCUT2D eigenvalue weighted by atomic mass is 79.9. The Kier molecular flexibility index (Phi) is 3.82. The maximum absolute atomic E-state index is 5.98. The third kappa shape index (κ3) is 3.05. The molecule has 1 aromatic carbocycles. The topological polar surface area (TPSA) is 12.0 Å². The summed E-state index contributed by atoms with van der Waals surface area (Å²) in [5.74, 6) is 0. The Morgan fingerprint density at radius 1 is 1.62 bits per heavy atom. The van der Waals surface area contributed by atoms with E-state index in [1.807, 2.05) is 31.2 Å². The van der Waals surface area contributed by atoms with Crippen LogP contribution in [0.4, 0.5) is 5.69 Å². The van der Waals surface area contributed by atoms with Crippen LogP contribution in [0.2, 0.25) is 5.02 Å². The van der Waals surface area contributed by atoms with Crippen molar-refractivity contribution < 1.29 is 0 Å². The second kappa shape index (κ2) is 4.68. The molecule has 13 heavy (non-hydrogen) atoms. The minimum atomic E-state index is 0.215. The second-order valence-corrected chi connectivity index (χ2v) is 4.12. The smallest absolute Gasteiger partial charge is 0.0638 e. The molecule has 0 radical (unpaired) electrons. The predicted molar refractivity (Wildman–Crippen MR) is 62.4 cm³/mol. The molecule has 1 aromatic rings. The quantitative estimate of drug-likeness (QED) is 0.807. The number of hydrogen-bond acceptors (Lipinski definition) is 1. The Morgan fingerprint density at radius 2 is 2.31 bits per heavy atom. The molecule has 1 atom stereocenters. The molecule has 70 valence electrons. The van der Waals surface area contributed by atoms with Crippen molar-refractivity contribution in [3.05, 3.63) is 40.3 Å². The lowest BCUT2D eigenvalue weighted by molar-refractivity contribution is 1.00. The van der Waals surface area contributed by atoms with Crippen LogP contribution in [-0.4, -0.2) is 6.04 Å². The van der Waals surface area contributed by atoms with Gasteiger partial charge in [0.25, 0.3) is 0 Å². The molecule has 0 aliphatic heterocycles. The van der Waals surface area contributed by atoms with Crippen molar-refractivity contribution in [2.75, 3.05) is 5.32 Å². The molecule has 1 N–H and O–H groups in total. The number of anilines is 1. The standard InChI is InChI=1S/C10H11BrClN/c1-3-7(2)13-10-6-8(11)4-5-9(10)12/h3-7,13H,1H2,2H3. The van der Waals surface area contributed by atoms with Crippen molar-refractivity contribution >= 4 is 33.2 Å². The molecule has 1 rings (SSSR count). The molecule has 0 saturated heterocycles. The average molecular weight is 261 g/mol. The van der Waals surface area contributed by atoms with Crippen molar-refractivity contribution in [2.24, 2.45) is 0 Å². The molecule has 0 bridgehead atoms. The van der Waals surface area contributed by atoms with Gasteiger partial charge in [-0.05, 0) is 25.1 Å². The lowest BCUT2D eigenvalue weighted by Gasteiger charge is -2.12. The molecule has 0 aliphatic rings. The van der Waals surface area contributed by atoms with Crippen LogP contribution in [0.1, 0.15) is 6.92 Å². The van der Waals surface area contributed by atoms with Crippen molar-refractivity contribution in [1.29, 1.82) is 0 Å². The first-order valence-electron chi connectivity index (χ1n) is 3.97. The van der Waals surface area contributed by atoms with Crippen molar-refractivity contribution in [1.82, 2.24) is 0 Å². The number of rotatable bonds is 3. The molecule has 0 amide bonds. The van der Waals surface area contributed by atoms with Gasteiger partial charge in [0.2, 0.25) is 0 Å². The zero-order chi connectivity index (χ0) is 9.84. The maximum Gasteiger partial charge on any atom is 0.0638 e. The summed E-state index contributed by atoms with van der Waals surface area (Å²) in [6.07, 6.45) is 1.83. The molecule has 1 unspecified atom stereocenters. The van der Waals surface area contributed by atoms with Gasteiger partial charge in [-0.25, -0.2) is 0 Å². The summed E-state index contributed by atoms with van der Waals surface area (Å²) >= 11 is 9.36. The lowest BCUT2D eigenvalue weighted by atomic mass is 10.2. The SMILES string of the molecule is C=CC(C)Nc1cc(Br)ccc1Cl. The van der Waals surface area contributed by atoms with Gasteiger partial charge in [0.15, 0.2) is 0 Å². The minimum Gasteiger partial charge on any atom is -0.378 e. The van der Waals surface area contributed by atoms with Crippen LogP contribution in [0.15, 0.2) is 35.3 Å². The zero-order valence-corrected chi connectivity index (χ0v) is 9.69. The van der Waals surface area contributed by atoms with Gasteiger partial charge in [-0.3, -0.25) is 0 Å². The monoisotopic (exact) mass is 259 g/mol. The molecular formula is C10H11BrClN. The fourth-order valence-electron chi connectivity index (χ4n) is 0.912. The molecule has 0 spiro atoms. The average Bonchev–Trinajstić information content (AvgIpc) is 2.11. The largest absolute Gasteiger partial charge is 0.378 e. The van der Waals surface area contributed by atoms with Gasteiger partial charge in [0.1, 0.15) is 0 Å². The van der Waals surface area contributed by atoms with Crippen LogP contribution in [0, 0.1) is 0 Å². The first-order chi connectivity index (χ1) is 6.13. The summed E-state index contributed by atoms with van der Waals surface area (Å²) in [6.45, 7) is 5.71. The van der Waals surface area contributed by atoms with Crippen LogP contribution >= 0.6 is 27.5 Å². The Bertz CT molecular complexity index is 312. The highest BCUT2D eigenvalue weighted by Crippen LogP contribution is 2.26. The first-order valence-corrected chi connectivity index (χ1v) is 5.14. The van der Waals surface area contributed by atoms with Gasteiger partial charge in [0.05, 0.1) is 10.7 Å². The molecule has 0 fully saturated rings. The summed E-state index contributed by atoms with van der Waals surface area (Å²) in [5.41, 5.74) is 0.920. The van der Waals surface area contributed by atoms with E-state index in [0.717, 1.165) is 15.2 Å². The Morgan fingerprint density at radius 3 is 2.92 bits per heavy atom. The Hall–Kier alpha value is -0.470. The van der Waals surface area contributed by atoms with Gasteiger partial charge in [0, 0.05) is 10.5 Å². The van der Waals surface area contributed by atoms with Gasteiger partial charge in [-0.2, -0.15) is 0 Å². The van der Waals surface area contributed by atoms with Crippen LogP contribution in [0.25, 0.3) is 0 Å². The lowest BCUT2D eigenvalue weighted by Crippen LogP contribution is -2.11. The van der Waals surface area contributed by atoms with Gasteiger partial charge in [-0.1, -0.05) is 33.6 Å². The van der Waals surface area contributed by atoms with E-state index >= 15 is 0 Å². The van der Waals surface area contributed by atoms with Gasteiger partial charge >= 0.3 is 0 Å². The first kappa shape index (κ1) is 10.6. The van der Waals surface area contributed by atoms with E-state index in [-0.39, 0.29) is 6.04 Å². The summed E-state index contributed by atoms with van der Waals surface area (Å²) in [6, 6.07) is 5.92. The molecule has 0 saturated carbocycles. The third-order valence-corrected chi connectivity index (χ3v) is 2.49. The van der Waals surface area contributed by atoms with E-state index in [9.17, 15) is 0 Å². The highest BCUT2D eigenvalue weighted by Gasteiger charge is 2.02. The predicted octanol–water partition coefficient (Wildman–Crippen LogP) is 4.09. The minimum absolute atomic E-state index is 0.215. The number of nitrogens with one attached hydrogen (secondary N) is 1. The fraction of sp³-hybridized carbons (Fsp3) is 0.200. The Labute approximate surface area is 91.9 Å². The third-order valence-electron chi connectivity index (χ3n) is 1.67. The summed E-state index contributed by atoms with van der Waals surface area (Å²) < 4.78 is 1.01. The van der Waals surface area contributed by atoms with Crippen molar-refractivity contribution in [3.8, 4) is 0 Å². The van der Waals surface area contributed by atoms with Crippen molar-refractivity contribution in [2.45, 2.75) is 13.0 Å². The summed E-state index contributed by atoms with van der Waals surface area (Å²) in [4.78, 5) is 0. The molecule has 0 aliphatic carbocycles. The summed E-state index contributed by atoms with van der Waals surface area (Å²) in [7, 11) is 0. The van der Waals surface area contributed by atoms with E-state index < -0.39 is 0 Å². The second-order valence-electron chi connectivity index (χ2n) is 2.79. The fourth-order valence-corrected chi connectivity index (χ4v) is 1.45. The molecule has 0 aromatic heterocycles. The van der Waals surface area contributed by atoms with Crippen LogP contribution in [0.5, 0.6) is 0 Å². The maximum atomic E-state index is 5.98. The van der Waals surface area contributed by atoms with E-state index in [0.29, 0.717) is 0 Å². The van der Waals surface area contributed by atoms with Gasteiger partial charge < -0.3 is 5.32 Å².